The molecule has 18 heavy (non-hydrogen) atoms. The Morgan fingerprint density at radius 1 is 1.44 bits per heavy atom. The molecule has 0 aliphatic carbocycles. The Bertz CT molecular complexity index is 566. The van der Waals surface area contributed by atoms with E-state index in [2.05, 4.69) is 16.3 Å². The minimum absolute atomic E-state index is 0.0897. The molecule has 1 amide bonds. The predicted octanol–water partition coefficient (Wildman–Crippen LogP) is 1.55. The average molecular weight is 240 g/mol. The molecule has 0 atom stereocenters. The van der Waals surface area contributed by atoms with Crippen LogP contribution in [-0.4, -0.2) is 28.1 Å². The maximum Gasteiger partial charge on any atom is 0.257 e. The van der Waals surface area contributed by atoms with Crippen molar-refractivity contribution in [1.82, 2.24) is 15.1 Å². The highest BCUT2D eigenvalue weighted by Gasteiger charge is 2.12. The van der Waals surface area contributed by atoms with E-state index in [1.54, 1.807) is 30.3 Å². The molecule has 1 N–H and O–H groups in total. The topological polar surface area (TPSA) is 72.8 Å². The summed E-state index contributed by atoms with van der Waals surface area (Å²) in [5.41, 5.74) is 2.13. The maximum atomic E-state index is 11.9. The van der Waals surface area contributed by atoms with Gasteiger partial charge < -0.3 is 4.90 Å². The number of H-pyrrole nitrogens is 1. The summed E-state index contributed by atoms with van der Waals surface area (Å²) in [7, 11) is 1.73. The van der Waals surface area contributed by atoms with Crippen LogP contribution in [0, 0.1) is 11.3 Å². The van der Waals surface area contributed by atoms with Crippen LogP contribution < -0.4 is 0 Å². The molecule has 0 aliphatic rings. The van der Waals surface area contributed by atoms with Gasteiger partial charge >= 0.3 is 0 Å². The molecule has 90 valence electrons. The van der Waals surface area contributed by atoms with E-state index in [1.165, 1.54) is 6.20 Å². The van der Waals surface area contributed by atoms with Crippen molar-refractivity contribution in [3.05, 3.63) is 53.3 Å². The molecule has 0 saturated carbocycles. The molecule has 0 bridgehead atoms. The van der Waals surface area contributed by atoms with Crippen LogP contribution in [0.2, 0.25) is 0 Å². The van der Waals surface area contributed by atoms with Gasteiger partial charge in [-0.15, -0.1) is 0 Å². The maximum absolute atomic E-state index is 11.9. The zero-order valence-corrected chi connectivity index (χ0v) is 9.92. The Hall–Kier alpha value is -2.61. The molecule has 2 rings (SSSR count). The number of carbonyl (C=O) groups excluding carboxylic acids is 1. The lowest BCUT2D eigenvalue weighted by Crippen LogP contribution is -2.25. The fourth-order valence-electron chi connectivity index (χ4n) is 1.62. The summed E-state index contributed by atoms with van der Waals surface area (Å²) in [6.45, 7) is 0.496. The fourth-order valence-corrected chi connectivity index (χ4v) is 1.62. The first-order valence-corrected chi connectivity index (χ1v) is 5.44. The highest BCUT2D eigenvalue weighted by molar-refractivity contribution is 5.93. The van der Waals surface area contributed by atoms with E-state index in [9.17, 15) is 4.79 Å². The third-order valence-corrected chi connectivity index (χ3v) is 2.59. The third kappa shape index (κ3) is 2.55. The molecule has 0 spiro atoms. The van der Waals surface area contributed by atoms with Crippen molar-refractivity contribution in [2.45, 2.75) is 6.54 Å². The van der Waals surface area contributed by atoms with Crippen LogP contribution in [0.25, 0.3) is 0 Å². The van der Waals surface area contributed by atoms with Crippen molar-refractivity contribution >= 4 is 5.91 Å². The quantitative estimate of drug-likeness (QED) is 0.884. The zero-order valence-electron chi connectivity index (χ0n) is 9.92. The lowest BCUT2D eigenvalue weighted by Gasteiger charge is -2.16. The number of aromatic amines is 1. The van der Waals surface area contributed by atoms with Crippen LogP contribution >= 0.6 is 0 Å². The van der Waals surface area contributed by atoms with Crippen molar-refractivity contribution in [2.24, 2.45) is 0 Å². The summed E-state index contributed by atoms with van der Waals surface area (Å²) in [6.07, 6.45) is 3.06. The van der Waals surface area contributed by atoms with Gasteiger partial charge in [0, 0.05) is 19.8 Å². The van der Waals surface area contributed by atoms with Gasteiger partial charge in [0.25, 0.3) is 5.91 Å². The van der Waals surface area contributed by atoms with Crippen molar-refractivity contribution < 1.29 is 4.79 Å². The summed E-state index contributed by atoms with van der Waals surface area (Å²) in [6, 6.07) is 9.23. The Morgan fingerprint density at radius 2 is 2.17 bits per heavy atom. The van der Waals surface area contributed by atoms with Gasteiger partial charge in [-0.05, 0) is 17.7 Å². The van der Waals surface area contributed by atoms with Crippen LogP contribution in [0.1, 0.15) is 21.5 Å². The summed E-state index contributed by atoms with van der Waals surface area (Å²) in [5.74, 6) is -0.0897. The standard InChI is InChI=1S/C13H12N4O/c1-17(13(18)12-7-15-16-8-12)9-11-4-2-10(6-14)3-5-11/h2-5,7-8H,9H2,1H3,(H,15,16). The molecule has 0 radical (unpaired) electrons. The summed E-state index contributed by atoms with van der Waals surface area (Å²) >= 11 is 0. The number of rotatable bonds is 3. The monoisotopic (exact) mass is 240 g/mol. The van der Waals surface area contributed by atoms with Crippen LogP contribution in [-0.2, 0) is 6.54 Å². The van der Waals surface area contributed by atoms with E-state index in [0.717, 1.165) is 5.56 Å². The van der Waals surface area contributed by atoms with Crippen molar-refractivity contribution in [3.63, 3.8) is 0 Å². The molecule has 0 fully saturated rings. The molecule has 1 aromatic carbocycles. The number of nitrogens with one attached hydrogen (secondary N) is 1. The minimum atomic E-state index is -0.0897. The Kier molecular flexibility index (Phi) is 3.39. The average Bonchev–Trinajstić information content (AvgIpc) is 2.92. The number of nitrogens with zero attached hydrogens (tertiary/aromatic N) is 3. The molecule has 5 heteroatoms. The molecule has 2 aromatic rings. The number of hydrogen-bond acceptors (Lipinski definition) is 3. The number of nitriles is 1. The first kappa shape index (κ1) is 11.9. The lowest BCUT2D eigenvalue weighted by atomic mass is 10.1. The number of aromatic nitrogens is 2. The number of hydrogen-bond donors (Lipinski definition) is 1. The van der Waals surface area contributed by atoms with E-state index in [-0.39, 0.29) is 5.91 Å². The SMILES string of the molecule is CN(Cc1ccc(C#N)cc1)C(=O)c1cn[nH]c1. The highest BCUT2D eigenvalue weighted by atomic mass is 16.2. The largest absolute Gasteiger partial charge is 0.337 e. The van der Waals surface area contributed by atoms with Crippen LogP contribution in [0.5, 0.6) is 0 Å². The van der Waals surface area contributed by atoms with Gasteiger partial charge in [-0.1, -0.05) is 12.1 Å². The number of benzene rings is 1. The van der Waals surface area contributed by atoms with Gasteiger partial charge in [-0.3, -0.25) is 9.89 Å². The summed E-state index contributed by atoms with van der Waals surface area (Å²) in [5, 5.41) is 15.1. The second kappa shape index (κ2) is 5.15. The third-order valence-electron chi connectivity index (χ3n) is 2.59. The number of amides is 1. The van der Waals surface area contributed by atoms with Crippen molar-refractivity contribution in [1.29, 1.82) is 5.26 Å². The zero-order chi connectivity index (χ0) is 13.0. The van der Waals surface area contributed by atoms with E-state index in [0.29, 0.717) is 17.7 Å². The van der Waals surface area contributed by atoms with Gasteiger partial charge in [-0.2, -0.15) is 10.4 Å². The van der Waals surface area contributed by atoms with Crippen LogP contribution in [0.15, 0.2) is 36.7 Å². The van der Waals surface area contributed by atoms with E-state index >= 15 is 0 Å². The molecule has 1 aromatic heterocycles. The van der Waals surface area contributed by atoms with Gasteiger partial charge in [0.15, 0.2) is 0 Å². The highest BCUT2D eigenvalue weighted by Crippen LogP contribution is 2.08. The first-order valence-electron chi connectivity index (χ1n) is 5.44. The Labute approximate surface area is 105 Å². The van der Waals surface area contributed by atoms with E-state index in [1.807, 2.05) is 12.1 Å². The molecular formula is C13H12N4O. The molecule has 5 nitrogen and oxygen atoms in total. The second-order valence-corrected chi connectivity index (χ2v) is 3.96. The van der Waals surface area contributed by atoms with Crippen LogP contribution in [0.4, 0.5) is 0 Å². The smallest absolute Gasteiger partial charge is 0.257 e. The first-order chi connectivity index (χ1) is 8.70. The van der Waals surface area contributed by atoms with Gasteiger partial charge in [0.05, 0.1) is 23.4 Å². The summed E-state index contributed by atoms with van der Waals surface area (Å²) < 4.78 is 0. The van der Waals surface area contributed by atoms with Gasteiger partial charge in [0.2, 0.25) is 0 Å². The van der Waals surface area contributed by atoms with Crippen molar-refractivity contribution in [3.8, 4) is 6.07 Å². The summed E-state index contributed by atoms with van der Waals surface area (Å²) in [4.78, 5) is 13.6. The number of carbonyl (C=O) groups is 1. The second-order valence-electron chi connectivity index (χ2n) is 3.96. The van der Waals surface area contributed by atoms with Gasteiger partial charge in [0.1, 0.15) is 0 Å². The molecular weight excluding hydrogens is 228 g/mol. The predicted molar refractivity (Wildman–Crippen MR) is 65.5 cm³/mol. The van der Waals surface area contributed by atoms with Gasteiger partial charge in [-0.25, -0.2) is 0 Å². The Balaban J connectivity index is 2.05. The molecule has 0 aliphatic heterocycles. The minimum Gasteiger partial charge on any atom is -0.337 e. The van der Waals surface area contributed by atoms with Crippen LogP contribution in [0.3, 0.4) is 0 Å². The van der Waals surface area contributed by atoms with Crippen molar-refractivity contribution in [2.75, 3.05) is 7.05 Å². The molecule has 0 saturated heterocycles. The molecule has 0 unspecified atom stereocenters. The van der Waals surface area contributed by atoms with E-state index in [4.69, 9.17) is 5.26 Å². The Morgan fingerprint density at radius 3 is 2.72 bits per heavy atom. The normalized spacial score (nSPS) is 9.78. The fraction of sp³-hybridized carbons (Fsp3) is 0.154. The lowest BCUT2D eigenvalue weighted by molar-refractivity contribution is 0.0785. The van der Waals surface area contributed by atoms with E-state index < -0.39 is 0 Å². The molecule has 1 heterocycles.